The first-order valence-electron chi connectivity index (χ1n) is 9.68. The molecule has 0 radical (unpaired) electrons. The lowest BCUT2D eigenvalue weighted by molar-refractivity contribution is -0.171. The van der Waals surface area contributed by atoms with Gasteiger partial charge in [-0.2, -0.15) is 10.5 Å². The number of nitriles is 2. The highest BCUT2D eigenvalue weighted by molar-refractivity contribution is 7.89. The van der Waals surface area contributed by atoms with Gasteiger partial charge in [0.25, 0.3) is 5.60 Å². The summed E-state index contributed by atoms with van der Waals surface area (Å²) in [6.07, 6.45) is -0.887. The van der Waals surface area contributed by atoms with E-state index in [-0.39, 0.29) is 5.75 Å². The van der Waals surface area contributed by atoms with E-state index in [1.54, 1.807) is 38.1 Å². The third kappa shape index (κ3) is 7.71. The van der Waals surface area contributed by atoms with E-state index in [0.717, 1.165) is 0 Å². The van der Waals surface area contributed by atoms with Crippen LogP contribution in [0.25, 0.3) is 0 Å². The molecule has 0 saturated carbocycles. The molecule has 1 aromatic rings. The summed E-state index contributed by atoms with van der Waals surface area (Å²) in [4.78, 5) is 0. The number of sulfonamides is 1. The summed E-state index contributed by atoms with van der Waals surface area (Å²) in [5, 5.41) is 19.8. The van der Waals surface area contributed by atoms with Crippen molar-refractivity contribution in [2.75, 3.05) is 19.5 Å². The Labute approximate surface area is 180 Å². The zero-order valence-electron chi connectivity index (χ0n) is 18.4. The number of nitrogens with one attached hydrogen (secondary N) is 1. The zero-order chi connectivity index (χ0) is 23.0. The van der Waals surface area contributed by atoms with Gasteiger partial charge in [-0.15, -0.1) is 0 Å². The molecule has 1 N–H and O–H groups in total. The Morgan fingerprint density at radius 2 is 1.73 bits per heavy atom. The van der Waals surface area contributed by atoms with Crippen LogP contribution >= 0.6 is 0 Å². The topological polar surface area (TPSA) is 121 Å². The van der Waals surface area contributed by atoms with Crippen LogP contribution in [0.5, 0.6) is 5.75 Å². The molecule has 1 rings (SSSR count). The second-order valence-corrected chi connectivity index (χ2v) is 15.5. The van der Waals surface area contributed by atoms with Crippen LogP contribution in [0.4, 0.5) is 0 Å². The highest BCUT2D eigenvalue weighted by Crippen LogP contribution is 2.32. The van der Waals surface area contributed by atoms with Crippen LogP contribution in [0.3, 0.4) is 0 Å². The first-order valence-corrected chi connectivity index (χ1v) is 15.0. The summed E-state index contributed by atoms with van der Waals surface area (Å²) in [5.41, 5.74) is -1.73. The number of rotatable bonds is 12. The maximum atomic E-state index is 12.9. The minimum absolute atomic E-state index is 0.0939. The fraction of sp³-hybridized carbons (Fsp3) is 0.600. The summed E-state index contributed by atoms with van der Waals surface area (Å²) in [6.45, 7) is 9.84. The van der Waals surface area contributed by atoms with E-state index in [9.17, 15) is 18.9 Å². The summed E-state index contributed by atoms with van der Waals surface area (Å²) < 4.78 is 44.4. The van der Waals surface area contributed by atoms with Crippen molar-refractivity contribution in [3.63, 3.8) is 0 Å². The van der Waals surface area contributed by atoms with Crippen LogP contribution in [0, 0.1) is 22.7 Å². The fourth-order valence-electron chi connectivity index (χ4n) is 2.67. The standard InChI is InChI=1S/C20H31N3O5SSi/c1-7-27-16(2)28-20(14-21,15-22)19(17-8-10-18(26-3)11-9-17)23-29(24,25)12-13-30(4,5)6/h8-11,16,19,23H,7,12-13H2,1-6H3. The lowest BCUT2D eigenvalue weighted by Gasteiger charge is -2.32. The van der Waals surface area contributed by atoms with Crippen molar-refractivity contribution < 1.29 is 22.6 Å². The van der Waals surface area contributed by atoms with Gasteiger partial charge in [0.05, 0.1) is 12.9 Å². The molecule has 166 valence electrons. The van der Waals surface area contributed by atoms with Gasteiger partial charge in [0.2, 0.25) is 10.0 Å². The number of nitrogens with zero attached hydrogens (tertiary/aromatic N) is 2. The molecule has 0 aromatic heterocycles. The number of benzene rings is 1. The molecule has 0 heterocycles. The molecule has 2 atom stereocenters. The predicted octanol–water partition coefficient (Wildman–Crippen LogP) is 3.18. The van der Waals surface area contributed by atoms with Gasteiger partial charge < -0.3 is 14.2 Å². The molecule has 0 amide bonds. The van der Waals surface area contributed by atoms with Gasteiger partial charge in [-0.3, -0.25) is 0 Å². The molecule has 0 aliphatic heterocycles. The highest BCUT2D eigenvalue weighted by Gasteiger charge is 2.46. The van der Waals surface area contributed by atoms with Gasteiger partial charge in [-0.25, -0.2) is 13.1 Å². The molecule has 0 fully saturated rings. The minimum Gasteiger partial charge on any atom is -0.497 e. The predicted molar refractivity (Wildman–Crippen MR) is 117 cm³/mol. The van der Waals surface area contributed by atoms with Crippen molar-refractivity contribution in [2.24, 2.45) is 0 Å². The molecule has 0 aliphatic carbocycles. The van der Waals surface area contributed by atoms with E-state index in [1.165, 1.54) is 7.11 Å². The molecule has 0 spiro atoms. The zero-order valence-corrected chi connectivity index (χ0v) is 20.2. The summed E-state index contributed by atoms with van der Waals surface area (Å²) in [7, 11) is -3.92. The molecule has 2 unspecified atom stereocenters. The van der Waals surface area contributed by atoms with Crippen LogP contribution < -0.4 is 9.46 Å². The number of hydrogen-bond acceptors (Lipinski definition) is 7. The quantitative estimate of drug-likeness (QED) is 0.381. The van der Waals surface area contributed by atoms with E-state index in [2.05, 4.69) is 24.4 Å². The number of hydrogen-bond donors (Lipinski definition) is 1. The van der Waals surface area contributed by atoms with Crippen molar-refractivity contribution in [1.29, 1.82) is 10.5 Å². The van der Waals surface area contributed by atoms with E-state index < -0.39 is 36.0 Å². The molecular formula is C20H31N3O5SSi. The summed E-state index contributed by atoms with van der Waals surface area (Å²) >= 11 is 0. The van der Waals surface area contributed by atoms with Crippen LogP contribution in [0.2, 0.25) is 25.7 Å². The van der Waals surface area contributed by atoms with Gasteiger partial charge in [0.15, 0.2) is 6.29 Å². The third-order valence-corrected chi connectivity index (χ3v) is 7.81. The Bertz CT molecular complexity index is 856. The largest absolute Gasteiger partial charge is 0.497 e. The van der Waals surface area contributed by atoms with Crippen molar-refractivity contribution in [1.82, 2.24) is 4.72 Å². The number of ether oxygens (including phenoxy) is 3. The lowest BCUT2D eigenvalue weighted by Crippen LogP contribution is -2.49. The normalized spacial score (nSPS) is 14.4. The maximum absolute atomic E-state index is 12.9. The van der Waals surface area contributed by atoms with Gasteiger partial charge in [0, 0.05) is 14.7 Å². The maximum Gasteiger partial charge on any atom is 0.263 e. The molecular weight excluding hydrogens is 422 g/mol. The second-order valence-electron chi connectivity index (χ2n) is 8.05. The van der Waals surface area contributed by atoms with E-state index in [4.69, 9.17) is 14.2 Å². The Hall–Kier alpha value is -1.95. The first-order chi connectivity index (χ1) is 13.9. The molecule has 0 bridgehead atoms. The number of methoxy groups -OCH3 is 1. The SMILES string of the molecule is CCOC(C)OC(C#N)(C#N)C(NS(=O)(=O)CC[Si](C)(C)C)c1ccc(OC)cc1. The Morgan fingerprint density at radius 1 is 1.17 bits per heavy atom. The molecule has 0 saturated heterocycles. The Balaban J connectivity index is 3.40. The van der Waals surface area contributed by atoms with Crippen molar-refractivity contribution >= 4 is 18.1 Å². The molecule has 0 aliphatic rings. The molecule has 30 heavy (non-hydrogen) atoms. The summed E-state index contributed by atoms with van der Waals surface area (Å²) in [6, 6.07) is 9.47. The second kappa shape index (κ2) is 10.9. The van der Waals surface area contributed by atoms with E-state index >= 15 is 0 Å². The van der Waals surface area contributed by atoms with E-state index in [0.29, 0.717) is 24.0 Å². The van der Waals surface area contributed by atoms with Gasteiger partial charge in [-0.05, 0) is 37.6 Å². The van der Waals surface area contributed by atoms with Crippen molar-refractivity contribution in [2.45, 2.75) is 57.5 Å². The van der Waals surface area contributed by atoms with Crippen molar-refractivity contribution in [3.8, 4) is 17.9 Å². The average Bonchev–Trinajstić information content (AvgIpc) is 2.69. The molecule has 8 nitrogen and oxygen atoms in total. The van der Waals surface area contributed by atoms with Crippen LogP contribution in [-0.2, 0) is 19.5 Å². The summed E-state index contributed by atoms with van der Waals surface area (Å²) in [5.74, 6) is 0.464. The van der Waals surface area contributed by atoms with Crippen LogP contribution in [0.15, 0.2) is 24.3 Å². The van der Waals surface area contributed by atoms with Gasteiger partial charge in [-0.1, -0.05) is 31.8 Å². The van der Waals surface area contributed by atoms with Crippen LogP contribution in [-0.4, -0.2) is 47.9 Å². The van der Waals surface area contributed by atoms with Gasteiger partial charge in [0.1, 0.15) is 23.9 Å². The van der Waals surface area contributed by atoms with Crippen molar-refractivity contribution in [3.05, 3.63) is 29.8 Å². The average molecular weight is 454 g/mol. The van der Waals surface area contributed by atoms with E-state index in [1.807, 2.05) is 12.1 Å². The highest BCUT2D eigenvalue weighted by atomic mass is 32.2. The molecule has 10 heteroatoms. The molecule has 1 aromatic carbocycles. The monoisotopic (exact) mass is 453 g/mol. The first kappa shape index (κ1) is 26.1. The Morgan fingerprint density at radius 3 is 2.17 bits per heavy atom. The Kier molecular flexibility index (Phi) is 9.47. The van der Waals surface area contributed by atoms with Crippen LogP contribution in [0.1, 0.15) is 25.5 Å². The smallest absolute Gasteiger partial charge is 0.263 e. The minimum atomic E-state index is -3.80. The fourth-order valence-corrected chi connectivity index (χ4v) is 6.97. The third-order valence-electron chi connectivity index (χ3n) is 4.36. The lowest BCUT2D eigenvalue weighted by atomic mass is 9.91. The van der Waals surface area contributed by atoms with Gasteiger partial charge >= 0.3 is 0 Å².